The van der Waals surface area contributed by atoms with Crippen LogP contribution in [0.5, 0.6) is 0 Å². The van der Waals surface area contributed by atoms with E-state index >= 15 is 0 Å². The Morgan fingerprint density at radius 1 is 1.30 bits per heavy atom. The molecule has 1 N–H and O–H groups in total. The van der Waals surface area contributed by atoms with Crippen LogP contribution in [0.4, 0.5) is 0 Å². The van der Waals surface area contributed by atoms with Gasteiger partial charge in [0.15, 0.2) is 5.82 Å². The molecule has 27 heavy (non-hydrogen) atoms. The van der Waals surface area contributed by atoms with Gasteiger partial charge in [0.1, 0.15) is 6.33 Å². The van der Waals surface area contributed by atoms with Gasteiger partial charge < -0.3 is 14.5 Å². The van der Waals surface area contributed by atoms with E-state index in [4.69, 9.17) is 4.74 Å². The zero-order chi connectivity index (χ0) is 18.8. The highest BCUT2D eigenvalue weighted by atomic mass is 16.5. The first-order valence-electron chi connectivity index (χ1n) is 9.22. The minimum atomic E-state index is -0.137. The van der Waals surface area contributed by atoms with Crippen LogP contribution in [0.25, 0.3) is 11.4 Å². The van der Waals surface area contributed by atoms with Crippen molar-refractivity contribution in [1.82, 2.24) is 25.0 Å². The monoisotopic (exact) mass is 369 g/mol. The van der Waals surface area contributed by atoms with Crippen molar-refractivity contribution in [3.8, 4) is 11.4 Å². The number of carbonyl (C=O) groups excluding carboxylic acids is 2. The van der Waals surface area contributed by atoms with Crippen molar-refractivity contribution in [2.75, 3.05) is 33.4 Å². The van der Waals surface area contributed by atoms with Gasteiger partial charge in [-0.05, 0) is 18.9 Å². The minimum Gasteiger partial charge on any atom is -0.383 e. The van der Waals surface area contributed by atoms with Gasteiger partial charge in [0.05, 0.1) is 18.1 Å². The van der Waals surface area contributed by atoms with E-state index in [1.165, 1.54) is 6.33 Å². The molecule has 3 saturated heterocycles. The Morgan fingerprint density at radius 3 is 2.93 bits per heavy atom. The molecule has 8 heteroatoms. The molecule has 5 rings (SSSR count). The first-order valence-corrected chi connectivity index (χ1v) is 9.22. The highest BCUT2D eigenvalue weighted by Gasteiger charge is 2.42. The number of rotatable bonds is 5. The summed E-state index contributed by atoms with van der Waals surface area (Å²) in [6.45, 7) is 2.10. The predicted molar refractivity (Wildman–Crippen MR) is 97.8 cm³/mol. The lowest BCUT2D eigenvalue weighted by molar-refractivity contribution is -0.140. The summed E-state index contributed by atoms with van der Waals surface area (Å²) >= 11 is 0. The number of nitrogens with zero attached hydrogens (tertiary/aromatic N) is 4. The number of nitrogens with one attached hydrogen (secondary N) is 1. The molecule has 2 bridgehead atoms. The molecular formula is C19H23N5O3. The summed E-state index contributed by atoms with van der Waals surface area (Å²) in [4.78, 5) is 34.0. The molecule has 0 unspecified atom stereocenters. The molecule has 4 heterocycles. The summed E-state index contributed by atoms with van der Waals surface area (Å²) in [6, 6.07) is 7.42. The maximum atomic E-state index is 13.3. The predicted octanol–water partition coefficient (Wildman–Crippen LogP) is 1.18. The quantitative estimate of drug-likeness (QED) is 0.855. The summed E-state index contributed by atoms with van der Waals surface area (Å²) in [7, 11) is 1.64. The van der Waals surface area contributed by atoms with Crippen molar-refractivity contribution in [2.45, 2.75) is 18.9 Å². The van der Waals surface area contributed by atoms with E-state index in [0.29, 0.717) is 37.6 Å². The zero-order valence-electron chi connectivity index (χ0n) is 15.3. The second-order valence-electron chi connectivity index (χ2n) is 7.04. The average Bonchev–Trinajstić information content (AvgIpc) is 3.09. The van der Waals surface area contributed by atoms with Gasteiger partial charge >= 0.3 is 0 Å². The van der Waals surface area contributed by atoms with E-state index in [1.807, 2.05) is 28.0 Å². The van der Waals surface area contributed by atoms with Gasteiger partial charge in [0.25, 0.3) is 5.91 Å². The Kier molecular flexibility index (Phi) is 4.89. The number of H-pyrrole nitrogens is 1. The molecule has 0 aliphatic carbocycles. The molecule has 8 nitrogen and oxygen atoms in total. The molecular weight excluding hydrogens is 346 g/mol. The maximum absolute atomic E-state index is 13.3. The van der Waals surface area contributed by atoms with Crippen LogP contribution in [0.1, 0.15) is 23.2 Å². The van der Waals surface area contributed by atoms with Crippen LogP contribution in [0.3, 0.4) is 0 Å². The van der Waals surface area contributed by atoms with E-state index < -0.39 is 0 Å². The lowest BCUT2D eigenvalue weighted by Gasteiger charge is -2.35. The number of hydrogen-bond acceptors (Lipinski definition) is 5. The van der Waals surface area contributed by atoms with Crippen molar-refractivity contribution in [3.63, 3.8) is 0 Å². The molecule has 142 valence electrons. The van der Waals surface area contributed by atoms with Crippen LogP contribution >= 0.6 is 0 Å². The third kappa shape index (κ3) is 3.32. The van der Waals surface area contributed by atoms with Crippen LogP contribution in [0, 0.1) is 5.92 Å². The number of fused-ring (bicyclic) bond motifs is 4. The smallest absolute Gasteiger partial charge is 0.254 e. The number of ether oxygens (including phenoxy) is 1. The van der Waals surface area contributed by atoms with Crippen LogP contribution in [-0.2, 0) is 9.53 Å². The molecule has 0 spiro atoms. The first-order chi connectivity index (χ1) is 13.2. The lowest BCUT2D eigenvalue weighted by atomic mass is 9.94. The van der Waals surface area contributed by atoms with Crippen LogP contribution in [0.2, 0.25) is 0 Å². The van der Waals surface area contributed by atoms with E-state index in [0.717, 1.165) is 18.4 Å². The Labute approximate surface area is 157 Å². The second-order valence-corrected chi connectivity index (χ2v) is 7.04. The molecule has 2 amide bonds. The number of carbonyl (C=O) groups is 2. The van der Waals surface area contributed by atoms with Gasteiger partial charge in [0, 0.05) is 38.3 Å². The average molecular weight is 369 g/mol. The van der Waals surface area contributed by atoms with Crippen LogP contribution < -0.4 is 0 Å². The summed E-state index contributed by atoms with van der Waals surface area (Å²) in [5.74, 6) is 0.499. The third-order valence-corrected chi connectivity index (χ3v) is 5.44. The van der Waals surface area contributed by atoms with Crippen LogP contribution in [0.15, 0.2) is 30.6 Å². The molecule has 0 saturated carbocycles. The molecule has 1 aromatic heterocycles. The van der Waals surface area contributed by atoms with Gasteiger partial charge in [-0.25, -0.2) is 4.98 Å². The number of aromatic nitrogens is 3. The Morgan fingerprint density at radius 2 is 2.15 bits per heavy atom. The summed E-state index contributed by atoms with van der Waals surface area (Å²) in [5, 5.41) is 6.71. The molecule has 1 aromatic carbocycles. The highest BCUT2D eigenvalue weighted by Crippen LogP contribution is 2.31. The minimum absolute atomic E-state index is 0.0489. The largest absolute Gasteiger partial charge is 0.383 e. The number of methoxy groups -OCH3 is 1. The second kappa shape index (κ2) is 7.48. The normalized spacial score (nSPS) is 22.2. The number of piperidine rings is 1. The molecule has 2 aromatic rings. The summed E-state index contributed by atoms with van der Waals surface area (Å²) < 4.78 is 5.15. The van der Waals surface area contributed by atoms with Gasteiger partial charge in [-0.15, -0.1) is 0 Å². The number of aromatic amines is 1. The molecule has 2 atom stereocenters. The van der Waals surface area contributed by atoms with Crippen molar-refractivity contribution < 1.29 is 14.3 Å². The summed E-state index contributed by atoms with van der Waals surface area (Å²) in [6.07, 6.45) is 3.18. The van der Waals surface area contributed by atoms with E-state index in [9.17, 15) is 9.59 Å². The number of benzene rings is 1. The summed E-state index contributed by atoms with van der Waals surface area (Å²) in [5.41, 5.74) is 1.30. The van der Waals surface area contributed by atoms with Gasteiger partial charge in [-0.3, -0.25) is 14.7 Å². The highest BCUT2D eigenvalue weighted by molar-refractivity contribution is 6.00. The fourth-order valence-corrected chi connectivity index (χ4v) is 4.07. The molecule has 3 aliphatic rings. The Balaban J connectivity index is 1.60. The van der Waals surface area contributed by atoms with E-state index in [1.54, 1.807) is 13.2 Å². The lowest BCUT2D eigenvalue weighted by Crippen LogP contribution is -2.49. The van der Waals surface area contributed by atoms with Crippen molar-refractivity contribution >= 4 is 11.8 Å². The van der Waals surface area contributed by atoms with Gasteiger partial charge in [-0.1, -0.05) is 18.2 Å². The Hall–Kier alpha value is -2.74. The Bertz CT molecular complexity index is 823. The fourth-order valence-electron chi connectivity index (χ4n) is 4.07. The third-order valence-electron chi connectivity index (χ3n) is 5.44. The SMILES string of the molecule is COCCN1C(=O)[C@H]2CC[C@@H]1CN(C(=O)c1ccccc1-c1ncn[nH]1)C2. The molecule has 3 fully saturated rings. The van der Waals surface area contributed by atoms with Crippen LogP contribution in [-0.4, -0.2) is 76.2 Å². The van der Waals surface area contributed by atoms with Crippen molar-refractivity contribution in [2.24, 2.45) is 5.92 Å². The van der Waals surface area contributed by atoms with Gasteiger partial charge in [-0.2, -0.15) is 5.10 Å². The van der Waals surface area contributed by atoms with Gasteiger partial charge in [0.2, 0.25) is 5.91 Å². The zero-order valence-corrected chi connectivity index (χ0v) is 15.3. The standard InChI is InChI=1S/C19H23N5O3/c1-27-9-8-24-14-7-6-13(18(24)25)10-23(11-14)19(26)16-5-3-2-4-15(16)17-20-12-21-22-17/h2-5,12-14H,6-11H2,1H3,(H,20,21,22)/t13-,14+/m0/s1. The van der Waals surface area contributed by atoms with Crippen molar-refractivity contribution in [1.29, 1.82) is 0 Å². The topological polar surface area (TPSA) is 91.4 Å². The number of amides is 2. The molecule has 3 aliphatic heterocycles. The van der Waals surface area contributed by atoms with Crippen molar-refractivity contribution in [3.05, 3.63) is 36.2 Å². The number of hydrogen-bond donors (Lipinski definition) is 1. The van der Waals surface area contributed by atoms with E-state index in [2.05, 4.69) is 15.2 Å². The molecule has 0 radical (unpaired) electrons. The first kappa shape index (κ1) is 17.7. The van der Waals surface area contributed by atoms with E-state index in [-0.39, 0.29) is 23.8 Å². The maximum Gasteiger partial charge on any atom is 0.254 e. The fraction of sp³-hybridized carbons (Fsp3) is 0.474.